The topological polar surface area (TPSA) is 67.2 Å². The number of hydrogen-bond acceptors (Lipinski definition) is 5. The summed E-state index contributed by atoms with van der Waals surface area (Å²) in [5.41, 5.74) is 7.33. The van der Waals surface area contributed by atoms with Crippen molar-refractivity contribution in [1.29, 1.82) is 0 Å². The minimum absolute atomic E-state index is 0.0633. The van der Waals surface area contributed by atoms with Gasteiger partial charge in [-0.25, -0.2) is 0 Å². The number of anilines is 2. The molecule has 6 heteroatoms. The van der Waals surface area contributed by atoms with E-state index in [1.54, 1.807) is 11.8 Å². The predicted molar refractivity (Wildman–Crippen MR) is 91.4 cm³/mol. The van der Waals surface area contributed by atoms with E-state index in [2.05, 4.69) is 10.6 Å². The number of hydrogen-bond donors (Lipinski definition) is 3. The van der Waals surface area contributed by atoms with E-state index in [0.717, 1.165) is 22.4 Å². The second-order valence-electron chi connectivity index (χ2n) is 6.06. The van der Waals surface area contributed by atoms with Crippen molar-refractivity contribution < 1.29 is 4.79 Å². The summed E-state index contributed by atoms with van der Waals surface area (Å²) in [5.74, 6) is 0.870. The van der Waals surface area contributed by atoms with Crippen molar-refractivity contribution in [2.24, 2.45) is 11.3 Å². The van der Waals surface area contributed by atoms with Crippen LogP contribution >= 0.6 is 23.1 Å². The maximum atomic E-state index is 12.1. The first-order chi connectivity index (χ1) is 10.1. The fraction of sp³-hybridized carbons (Fsp3) is 0.667. The molecule has 0 radical (unpaired) electrons. The molecule has 1 heterocycles. The molecule has 4 nitrogen and oxygen atoms in total. The molecule has 0 atom stereocenters. The first-order valence-corrected chi connectivity index (χ1v) is 9.63. The lowest BCUT2D eigenvalue weighted by atomic mass is 10.0. The van der Waals surface area contributed by atoms with Gasteiger partial charge in [-0.15, -0.1) is 23.1 Å². The van der Waals surface area contributed by atoms with E-state index in [1.807, 2.05) is 13.2 Å². The molecule has 0 aliphatic heterocycles. The van der Waals surface area contributed by atoms with Crippen LogP contribution < -0.4 is 16.4 Å². The van der Waals surface area contributed by atoms with Crippen molar-refractivity contribution in [3.8, 4) is 0 Å². The number of thiophene rings is 1. The van der Waals surface area contributed by atoms with Crippen LogP contribution in [0.15, 0.2) is 4.90 Å². The summed E-state index contributed by atoms with van der Waals surface area (Å²) in [7, 11) is 0. The van der Waals surface area contributed by atoms with E-state index in [-0.39, 0.29) is 5.91 Å². The van der Waals surface area contributed by atoms with E-state index in [9.17, 15) is 4.79 Å². The molecule has 2 aliphatic rings. The first kappa shape index (κ1) is 15.0. The van der Waals surface area contributed by atoms with E-state index in [4.69, 9.17) is 5.73 Å². The molecule has 1 aromatic heterocycles. The maximum Gasteiger partial charge on any atom is 0.263 e. The molecule has 0 unspecified atom stereocenters. The van der Waals surface area contributed by atoms with Gasteiger partial charge in [-0.3, -0.25) is 4.79 Å². The largest absolute Gasteiger partial charge is 0.396 e. The normalized spacial score (nSPS) is 19.3. The number of thioether (sulfide) groups is 1. The molecule has 3 rings (SSSR count). The zero-order chi connectivity index (χ0) is 15.0. The van der Waals surface area contributed by atoms with Gasteiger partial charge in [-0.1, -0.05) is 0 Å². The molecule has 116 valence electrons. The smallest absolute Gasteiger partial charge is 0.263 e. The Hall–Kier alpha value is -0.880. The van der Waals surface area contributed by atoms with Crippen molar-refractivity contribution >= 4 is 39.7 Å². The zero-order valence-corrected chi connectivity index (χ0v) is 14.3. The Labute approximate surface area is 134 Å². The van der Waals surface area contributed by atoms with Crippen LogP contribution in [0.5, 0.6) is 0 Å². The number of carbonyl (C=O) groups excluding carboxylic acids is 1. The molecule has 0 bridgehead atoms. The van der Waals surface area contributed by atoms with Gasteiger partial charge in [0.25, 0.3) is 5.91 Å². The van der Waals surface area contributed by atoms with Gasteiger partial charge < -0.3 is 16.4 Å². The third kappa shape index (κ3) is 2.88. The molecule has 1 aromatic rings. The Morgan fingerprint density at radius 2 is 2.19 bits per heavy atom. The predicted octanol–water partition coefficient (Wildman–Crippen LogP) is 3.40. The highest BCUT2D eigenvalue weighted by atomic mass is 32.2. The van der Waals surface area contributed by atoms with Crippen LogP contribution in [-0.4, -0.2) is 25.3 Å². The molecule has 1 amide bonds. The van der Waals surface area contributed by atoms with Gasteiger partial charge in [-0.05, 0) is 50.2 Å². The summed E-state index contributed by atoms with van der Waals surface area (Å²) in [6.07, 6.45) is 7.51. The van der Waals surface area contributed by atoms with Crippen LogP contribution in [0.1, 0.15) is 42.3 Å². The summed E-state index contributed by atoms with van der Waals surface area (Å²) in [6.45, 7) is 3.57. The van der Waals surface area contributed by atoms with Crippen LogP contribution in [-0.2, 0) is 0 Å². The van der Waals surface area contributed by atoms with Crippen molar-refractivity contribution in [3.63, 3.8) is 0 Å². The average Bonchev–Trinajstić information content (AvgIpc) is 3.34. The van der Waals surface area contributed by atoms with E-state index in [0.29, 0.717) is 22.5 Å². The number of nitrogens with two attached hydrogens (primary N) is 1. The second kappa shape index (κ2) is 5.72. The first-order valence-electron chi connectivity index (χ1n) is 7.59. The van der Waals surface area contributed by atoms with Gasteiger partial charge in [0.1, 0.15) is 9.88 Å². The molecule has 21 heavy (non-hydrogen) atoms. The van der Waals surface area contributed by atoms with Crippen LogP contribution in [0.4, 0.5) is 10.7 Å². The molecular formula is C15H23N3OS2. The van der Waals surface area contributed by atoms with E-state index in [1.165, 1.54) is 37.0 Å². The highest BCUT2D eigenvalue weighted by molar-refractivity contribution is 7.99. The number of amides is 1. The molecule has 0 saturated heterocycles. The summed E-state index contributed by atoms with van der Waals surface area (Å²) in [6, 6.07) is 0. The van der Waals surface area contributed by atoms with E-state index >= 15 is 0 Å². The van der Waals surface area contributed by atoms with Crippen LogP contribution in [0.2, 0.25) is 0 Å². The van der Waals surface area contributed by atoms with Gasteiger partial charge in [-0.2, -0.15) is 0 Å². The summed E-state index contributed by atoms with van der Waals surface area (Å²) in [5, 5.41) is 7.48. The number of nitrogens with one attached hydrogen (secondary N) is 2. The zero-order valence-electron chi connectivity index (χ0n) is 12.6. The summed E-state index contributed by atoms with van der Waals surface area (Å²) >= 11 is 3.11. The third-order valence-electron chi connectivity index (χ3n) is 4.58. The fourth-order valence-corrected chi connectivity index (χ4v) is 4.95. The molecule has 0 aromatic carbocycles. The van der Waals surface area contributed by atoms with Crippen LogP contribution in [0.3, 0.4) is 0 Å². The lowest BCUT2D eigenvalue weighted by Gasteiger charge is -2.15. The Bertz CT molecular complexity index is 547. The maximum absolute atomic E-state index is 12.1. The highest BCUT2D eigenvalue weighted by Crippen LogP contribution is 2.61. The Kier molecular flexibility index (Phi) is 4.10. The Morgan fingerprint density at radius 3 is 2.71 bits per heavy atom. The van der Waals surface area contributed by atoms with Crippen molar-refractivity contribution in [2.75, 3.05) is 30.4 Å². The second-order valence-corrected chi connectivity index (χ2v) is 7.89. The van der Waals surface area contributed by atoms with Crippen molar-refractivity contribution in [1.82, 2.24) is 5.32 Å². The van der Waals surface area contributed by atoms with Crippen molar-refractivity contribution in [2.45, 2.75) is 37.5 Å². The SMILES string of the molecule is CCNC(=O)c1sc(NCC2(C3CC3)CC2)c(SC)c1N. The highest BCUT2D eigenvalue weighted by Gasteiger charge is 2.53. The van der Waals surface area contributed by atoms with Crippen molar-refractivity contribution in [3.05, 3.63) is 4.88 Å². The summed E-state index contributed by atoms with van der Waals surface area (Å²) in [4.78, 5) is 13.7. The number of carbonyl (C=O) groups is 1. The van der Waals surface area contributed by atoms with Gasteiger partial charge in [0.2, 0.25) is 0 Å². The monoisotopic (exact) mass is 325 g/mol. The van der Waals surface area contributed by atoms with Gasteiger partial charge in [0, 0.05) is 13.1 Å². The Morgan fingerprint density at radius 1 is 1.48 bits per heavy atom. The molecule has 2 fully saturated rings. The number of rotatable bonds is 7. The van der Waals surface area contributed by atoms with E-state index < -0.39 is 0 Å². The molecule has 2 saturated carbocycles. The Balaban J connectivity index is 1.74. The molecule has 4 N–H and O–H groups in total. The van der Waals surface area contributed by atoms with Gasteiger partial charge in [0.05, 0.1) is 10.6 Å². The van der Waals surface area contributed by atoms with Gasteiger partial charge in [0.15, 0.2) is 0 Å². The lowest BCUT2D eigenvalue weighted by molar-refractivity contribution is 0.0960. The standard InChI is InChI=1S/C15H23N3OS2/c1-3-17-13(19)11-10(16)12(20-2)14(21-11)18-8-15(6-7-15)9-4-5-9/h9,18H,3-8,16H2,1-2H3,(H,17,19). The lowest BCUT2D eigenvalue weighted by Crippen LogP contribution is -2.22. The number of nitrogen functional groups attached to an aromatic ring is 1. The third-order valence-corrected chi connectivity index (χ3v) is 6.71. The minimum Gasteiger partial charge on any atom is -0.396 e. The van der Waals surface area contributed by atoms with Crippen LogP contribution in [0.25, 0.3) is 0 Å². The molecule has 2 aliphatic carbocycles. The van der Waals surface area contributed by atoms with Crippen LogP contribution in [0, 0.1) is 11.3 Å². The quantitative estimate of drug-likeness (QED) is 0.672. The molecule has 0 spiro atoms. The molecular weight excluding hydrogens is 302 g/mol. The summed E-state index contributed by atoms with van der Waals surface area (Å²) < 4.78 is 0. The fourth-order valence-electron chi connectivity index (χ4n) is 3.00. The van der Waals surface area contributed by atoms with Gasteiger partial charge >= 0.3 is 0 Å². The average molecular weight is 326 g/mol. The minimum atomic E-state index is -0.0633.